The van der Waals surface area contributed by atoms with Crippen LogP contribution >= 0.6 is 0 Å². The molecule has 3 aromatic carbocycles. The van der Waals surface area contributed by atoms with Crippen LogP contribution < -0.4 is 0 Å². The maximum Gasteiger partial charge on any atom is 0.355 e. The smallest absolute Gasteiger partial charge is 0.355 e. The highest BCUT2D eigenvalue weighted by Gasteiger charge is 2.32. The van der Waals surface area contributed by atoms with Crippen LogP contribution in [-0.2, 0) is 22.4 Å². The molecule has 1 aromatic heterocycles. The summed E-state index contributed by atoms with van der Waals surface area (Å²) in [4.78, 5) is 26.0. The lowest BCUT2D eigenvalue weighted by molar-refractivity contribution is 0.0547. The summed E-state index contributed by atoms with van der Waals surface area (Å²) in [5.74, 6) is -0.825. The van der Waals surface area contributed by atoms with Gasteiger partial charge in [-0.1, -0.05) is 92.9 Å². The summed E-state index contributed by atoms with van der Waals surface area (Å²) in [6.45, 7) is 2.79. The number of methoxy groups -OCH3 is 2. The first-order valence-electron chi connectivity index (χ1n) is 13.7. The first-order chi connectivity index (χ1) is 19.1. The maximum absolute atomic E-state index is 13.1. The first kappa shape index (κ1) is 26.5. The van der Waals surface area contributed by atoms with E-state index in [1.807, 2.05) is 16.8 Å². The molecule has 1 heterocycles. The number of hydrogen-bond acceptors (Lipinski definition) is 4. The van der Waals surface area contributed by atoms with Gasteiger partial charge >= 0.3 is 11.9 Å². The third-order valence-electron chi connectivity index (χ3n) is 7.75. The fourth-order valence-electron chi connectivity index (χ4n) is 5.83. The lowest BCUT2D eigenvalue weighted by Gasteiger charge is -2.14. The molecular formula is C34H35NO4. The quantitative estimate of drug-likeness (QED) is 0.159. The van der Waals surface area contributed by atoms with E-state index in [4.69, 9.17) is 9.47 Å². The van der Waals surface area contributed by atoms with Gasteiger partial charge in [-0.3, -0.25) is 0 Å². The van der Waals surface area contributed by atoms with Gasteiger partial charge < -0.3 is 14.0 Å². The van der Waals surface area contributed by atoms with Crippen molar-refractivity contribution < 1.29 is 19.1 Å². The largest absolute Gasteiger partial charge is 0.465 e. The normalized spacial score (nSPS) is 13.6. The van der Waals surface area contributed by atoms with E-state index in [1.165, 1.54) is 36.5 Å². The molecule has 0 radical (unpaired) electrons. The number of fused-ring (bicyclic) bond motifs is 3. The van der Waals surface area contributed by atoms with E-state index in [0.717, 1.165) is 43.2 Å². The molecule has 4 aromatic rings. The second kappa shape index (κ2) is 11.7. The zero-order valence-corrected chi connectivity index (χ0v) is 22.9. The van der Waals surface area contributed by atoms with E-state index >= 15 is 0 Å². The number of unbranched alkanes of at least 4 members (excludes halogenated alkanes) is 3. The molecule has 39 heavy (non-hydrogen) atoms. The highest BCUT2D eigenvalue weighted by atomic mass is 16.5. The molecule has 5 heteroatoms. The molecule has 0 spiro atoms. The topological polar surface area (TPSA) is 57.5 Å². The predicted molar refractivity (Wildman–Crippen MR) is 154 cm³/mol. The van der Waals surface area contributed by atoms with E-state index in [9.17, 15) is 9.59 Å². The summed E-state index contributed by atoms with van der Waals surface area (Å²) >= 11 is 0. The van der Waals surface area contributed by atoms with Gasteiger partial charge in [0, 0.05) is 24.2 Å². The van der Waals surface area contributed by atoms with Gasteiger partial charge in [0.2, 0.25) is 0 Å². The number of benzene rings is 3. The molecule has 1 atom stereocenters. The van der Waals surface area contributed by atoms with Gasteiger partial charge in [-0.15, -0.1) is 0 Å². The summed E-state index contributed by atoms with van der Waals surface area (Å²) in [6, 6.07) is 25.5. The average molecular weight is 522 g/mol. The third-order valence-corrected chi connectivity index (χ3v) is 7.75. The van der Waals surface area contributed by atoms with Crippen LogP contribution in [0.2, 0.25) is 0 Å². The van der Waals surface area contributed by atoms with Gasteiger partial charge in [0.05, 0.1) is 14.2 Å². The number of rotatable bonds is 10. The summed E-state index contributed by atoms with van der Waals surface area (Å²) in [5.41, 5.74) is 8.32. The van der Waals surface area contributed by atoms with Crippen LogP contribution in [-0.4, -0.2) is 30.7 Å². The van der Waals surface area contributed by atoms with Crippen LogP contribution in [0.15, 0.2) is 79.0 Å². The number of hydrogen-bond donors (Lipinski definition) is 0. The van der Waals surface area contributed by atoms with Crippen LogP contribution in [0, 0.1) is 0 Å². The molecule has 0 fully saturated rings. The van der Waals surface area contributed by atoms with Crippen molar-refractivity contribution in [1.82, 2.24) is 4.57 Å². The van der Waals surface area contributed by atoms with Crippen LogP contribution in [0.5, 0.6) is 0 Å². The van der Waals surface area contributed by atoms with Crippen molar-refractivity contribution in [3.8, 4) is 22.3 Å². The van der Waals surface area contributed by atoms with E-state index < -0.39 is 11.9 Å². The number of nitrogens with zero attached hydrogens (tertiary/aromatic N) is 1. The van der Waals surface area contributed by atoms with E-state index in [-0.39, 0.29) is 17.2 Å². The summed E-state index contributed by atoms with van der Waals surface area (Å²) in [6.07, 6.45) is 7.03. The van der Waals surface area contributed by atoms with E-state index in [0.29, 0.717) is 12.1 Å². The van der Waals surface area contributed by atoms with Crippen LogP contribution in [0.25, 0.3) is 22.3 Å². The standard InChI is InChI=1S/C34H35NO4/c1-4-5-6-12-19-35-22-30(31(33(36)38-2)32(35)34(37)39-3)24-17-18-27-28(20-23-13-8-7-9-14-23)25-15-10-11-16-26(25)29(27)21-24/h7-11,13-18,21-22,28H,4-6,12,19-20H2,1-3H3. The molecule has 200 valence electrons. The summed E-state index contributed by atoms with van der Waals surface area (Å²) in [5, 5.41) is 0. The van der Waals surface area contributed by atoms with E-state index in [2.05, 4.69) is 73.7 Å². The Labute approximate surface area is 230 Å². The highest BCUT2D eigenvalue weighted by molar-refractivity contribution is 6.07. The molecular weight excluding hydrogens is 486 g/mol. The number of ether oxygens (including phenoxy) is 2. The molecule has 0 amide bonds. The van der Waals surface area contributed by atoms with Crippen molar-refractivity contribution >= 4 is 11.9 Å². The number of aromatic nitrogens is 1. The Morgan fingerprint density at radius 1 is 0.769 bits per heavy atom. The fraction of sp³-hybridized carbons (Fsp3) is 0.294. The van der Waals surface area contributed by atoms with Crippen LogP contribution in [0.4, 0.5) is 0 Å². The van der Waals surface area contributed by atoms with Gasteiger partial charge in [-0.2, -0.15) is 0 Å². The first-order valence-corrected chi connectivity index (χ1v) is 13.7. The molecule has 0 saturated heterocycles. The second-order valence-corrected chi connectivity index (χ2v) is 10.1. The second-order valence-electron chi connectivity index (χ2n) is 10.1. The summed E-state index contributed by atoms with van der Waals surface area (Å²) in [7, 11) is 2.69. The lowest BCUT2D eigenvalue weighted by atomic mass is 9.89. The Bertz CT molecular complexity index is 1480. The van der Waals surface area contributed by atoms with Gasteiger partial charge in [-0.25, -0.2) is 9.59 Å². The monoisotopic (exact) mass is 521 g/mol. The molecule has 5 nitrogen and oxygen atoms in total. The third kappa shape index (κ3) is 5.14. The fourth-order valence-corrected chi connectivity index (χ4v) is 5.83. The van der Waals surface area contributed by atoms with Crippen molar-refractivity contribution in [2.45, 2.75) is 51.5 Å². The SMILES string of the molecule is CCCCCCn1cc(-c2ccc3c(c2)-c2ccccc2C3Cc2ccccc2)c(C(=O)OC)c1C(=O)OC. The molecule has 1 aliphatic carbocycles. The number of carbonyl (C=O) groups excluding carboxylic acids is 2. The lowest BCUT2D eigenvalue weighted by Crippen LogP contribution is -2.16. The molecule has 1 aliphatic rings. The molecule has 0 bridgehead atoms. The Balaban J connectivity index is 1.61. The molecule has 0 saturated carbocycles. The Kier molecular flexibility index (Phi) is 7.97. The zero-order valence-electron chi connectivity index (χ0n) is 22.9. The van der Waals surface area contributed by atoms with Gasteiger partial charge in [0.15, 0.2) is 0 Å². The van der Waals surface area contributed by atoms with Crippen molar-refractivity contribution in [3.63, 3.8) is 0 Å². The molecule has 5 rings (SSSR count). The van der Waals surface area contributed by atoms with Gasteiger partial charge in [0.1, 0.15) is 11.3 Å². The zero-order chi connectivity index (χ0) is 27.4. The number of carbonyl (C=O) groups is 2. The number of aryl methyl sites for hydroxylation is 1. The number of esters is 2. The van der Waals surface area contributed by atoms with Crippen molar-refractivity contribution in [2.24, 2.45) is 0 Å². The average Bonchev–Trinajstić information content (AvgIpc) is 3.51. The van der Waals surface area contributed by atoms with Crippen LogP contribution in [0.1, 0.15) is 76.1 Å². The molecule has 1 unspecified atom stereocenters. The van der Waals surface area contributed by atoms with Gasteiger partial charge in [-0.05, 0) is 52.3 Å². The highest BCUT2D eigenvalue weighted by Crippen LogP contribution is 2.47. The van der Waals surface area contributed by atoms with E-state index in [1.54, 1.807) is 0 Å². The van der Waals surface area contributed by atoms with Crippen molar-refractivity contribution in [3.05, 3.63) is 107 Å². The van der Waals surface area contributed by atoms with Crippen LogP contribution in [0.3, 0.4) is 0 Å². The summed E-state index contributed by atoms with van der Waals surface area (Å²) < 4.78 is 12.1. The predicted octanol–water partition coefficient (Wildman–Crippen LogP) is 7.66. The minimum Gasteiger partial charge on any atom is -0.465 e. The Morgan fingerprint density at radius 3 is 2.23 bits per heavy atom. The van der Waals surface area contributed by atoms with Crippen molar-refractivity contribution in [1.29, 1.82) is 0 Å². The Morgan fingerprint density at radius 2 is 1.49 bits per heavy atom. The molecule has 0 aliphatic heterocycles. The van der Waals surface area contributed by atoms with Gasteiger partial charge in [0.25, 0.3) is 0 Å². The maximum atomic E-state index is 13.1. The minimum atomic E-state index is -0.541. The van der Waals surface area contributed by atoms with Crippen molar-refractivity contribution in [2.75, 3.05) is 14.2 Å². The molecule has 0 N–H and O–H groups in total. The Hall–Kier alpha value is -4.12. The minimum absolute atomic E-state index is 0.249.